The molecule has 0 atom stereocenters. The van der Waals surface area contributed by atoms with Gasteiger partial charge in [-0.1, -0.05) is 37.3 Å². The monoisotopic (exact) mass is 376 g/mol. The number of nitrogens with one attached hydrogen (secondary N) is 1. The Hall–Kier alpha value is -2.99. The van der Waals surface area contributed by atoms with Crippen LogP contribution >= 0.6 is 11.3 Å². The van der Waals surface area contributed by atoms with Gasteiger partial charge < -0.3 is 0 Å². The molecular weight excluding hydrogens is 356 g/mol. The average molecular weight is 376 g/mol. The molecule has 136 valence electrons. The molecule has 0 aliphatic heterocycles. The van der Waals surface area contributed by atoms with Crippen LogP contribution in [0.25, 0.3) is 16.9 Å². The van der Waals surface area contributed by atoms with Crippen LogP contribution in [0.15, 0.2) is 48.0 Å². The van der Waals surface area contributed by atoms with E-state index in [-0.39, 0.29) is 5.91 Å². The van der Waals surface area contributed by atoms with Crippen molar-refractivity contribution in [1.29, 1.82) is 0 Å². The second-order valence-electron chi connectivity index (χ2n) is 6.47. The van der Waals surface area contributed by atoms with E-state index >= 15 is 0 Å². The van der Waals surface area contributed by atoms with Gasteiger partial charge in [0.25, 0.3) is 5.91 Å². The first-order valence-corrected chi connectivity index (χ1v) is 9.75. The predicted octanol–water partition coefficient (Wildman–Crippen LogP) is 4.89. The Bertz CT molecular complexity index is 1130. The van der Waals surface area contributed by atoms with Gasteiger partial charge in [-0.2, -0.15) is 0 Å². The molecule has 0 spiro atoms. The van der Waals surface area contributed by atoms with Gasteiger partial charge in [0.15, 0.2) is 5.13 Å². The molecule has 0 aliphatic carbocycles. The van der Waals surface area contributed by atoms with E-state index in [4.69, 9.17) is 0 Å². The van der Waals surface area contributed by atoms with Crippen LogP contribution in [-0.2, 0) is 6.42 Å². The number of carbonyl (C=O) groups is 1. The summed E-state index contributed by atoms with van der Waals surface area (Å²) >= 11 is 1.42. The molecule has 27 heavy (non-hydrogen) atoms. The summed E-state index contributed by atoms with van der Waals surface area (Å²) in [5, 5.41) is 5.46. The van der Waals surface area contributed by atoms with Crippen molar-refractivity contribution in [2.45, 2.75) is 27.2 Å². The highest BCUT2D eigenvalue weighted by atomic mass is 32.1. The Morgan fingerprint density at radius 2 is 1.93 bits per heavy atom. The highest BCUT2D eigenvalue weighted by Gasteiger charge is 2.18. The van der Waals surface area contributed by atoms with Crippen molar-refractivity contribution in [2.24, 2.45) is 0 Å². The molecule has 0 aliphatic rings. The summed E-state index contributed by atoms with van der Waals surface area (Å²) in [6.45, 7) is 5.97. The third kappa shape index (κ3) is 3.24. The first kappa shape index (κ1) is 17.4. The normalized spacial score (nSPS) is 11.1. The number of fused-ring (bicyclic) bond motifs is 1. The first-order chi connectivity index (χ1) is 13.1. The summed E-state index contributed by atoms with van der Waals surface area (Å²) in [5.74, 6) is -0.201. The Kier molecular flexibility index (Phi) is 4.49. The van der Waals surface area contributed by atoms with Gasteiger partial charge in [-0.3, -0.25) is 14.5 Å². The number of aryl methyl sites for hydroxylation is 3. The number of thiazole rings is 1. The SMILES string of the molecule is CCc1ccc(-c2csc(NC(=O)c3c(C)nc4c(C)cccn34)n2)cc1. The lowest BCUT2D eigenvalue weighted by Gasteiger charge is -2.04. The standard InChI is InChI=1S/C21H20N4OS/c1-4-15-7-9-16(10-8-15)17-12-27-21(23-17)24-20(26)18-14(3)22-19-13(2)6-5-11-25(18)19/h5-12H,4H2,1-3H3,(H,23,24,26). The van der Waals surface area contributed by atoms with Crippen molar-refractivity contribution in [1.82, 2.24) is 14.4 Å². The van der Waals surface area contributed by atoms with Crippen molar-refractivity contribution in [3.8, 4) is 11.3 Å². The van der Waals surface area contributed by atoms with Gasteiger partial charge in [-0.15, -0.1) is 11.3 Å². The summed E-state index contributed by atoms with van der Waals surface area (Å²) in [5.41, 5.74) is 6.28. The second kappa shape index (κ2) is 6.96. The Morgan fingerprint density at radius 1 is 1.15 bits per heavy atom. The topological polar surface area (TPSA) is 59.3 Å². The third-order valence-corrected chi connectivity index (χ3v) is 5.37. The molecule has 0 radical (unpaired) electrons. The average Bonchev–Trinajstić information content (AvgIpc) is 3.26. The van der Waals surface area contributed by atoms with Crippen LogP contribution < -0.4 is 5.32 Å². The molecule has 1 N–H and O–H groups in total. The lowest BCUT2D eigenvalue weighted by molar-refractivity contribution is 0.102. The van der Waals surface area contributed by atoms with Crippen LogP contribution in [0, 0.1) is 13.8 Å². The molecule has 1 amide bonds. The number of anilines is 1. The van der Waals surface area contributed by atoms with E-state index in [1.807, 2.05) is 42.0 Å². The number of nitrogens with zero attached hydrogens (tertiary/aromatic N) is 3. The van der Waals surface area contributed by atoms with Crippen LogP contribution in [0.2, 0.25) is 0 Å². The maximum absolute atomic E-state index is 12.8. The molecule has 0 saturated heterocycles. The Labute approximate surface area is 161 Å². The minimum absolute atomic E-state index is 0.201. The van der Waals surface area contributed by atoms with Crippen LogP contribution in [0.3, 0.4) is 0 Å². The Balaban J connectivity index is 1.60. The molecule has 5 nitrogen and oxygen atoms in total. The van der Waals surface area contributed by atoms with Gasteiger partial charge >= 0.3 is 0 Å². The number of aromatic nitrogens is 3. The summed E-state index contributed by atoms with van der Waals surface area (Å²) in [6.07, 6.45) is 2.87. The molecule has 3 aromatic heterocycles. The fraction of sp³-hybridized carbons (Fsp3) is 0.190. The molecule has 4 aromatic rings. The van der Waals surface area contributed by atoms with Gasteiger partial charge in [0.05, 0.1) is 11.4 Å². The van der Waals surface area contributed by atoms with Crippen LogP contribution in [0.5, 0.6) is 0 Å². The number of carbonyl (C=O) groups excluding carboxylic acids is 1. The number of imidazole rings is 1. The highest BCUT2D eigenvalue weighted by Crippen LogP contribution is 2.26. The largest absolute Gasteiger partial charge is 0.296 e. The summed E-state index contributed by atoms with van der Waals surface area (Å²) in [7, 11) is 0. The highest BCUT2D eigenvalue weighted by molar-refractivity contribution is 7.14. The summed E-state index contributed by atoms with van der Waals surface area (Å²) < 4.78 is 1.83. The summed E-state index contributed by atoms with van der Waals surface area (Å²) in [4.78, 5) is 21.9. The molecule has 6 heteroatoms. The first-order valence-electron chi connectivity index (χ1n) is 8.87. The maximum atomic E-state index is 12.8. The number of benzene rings is 1. The molecule has 3 heterocycles. The number of pyridine rings is 1. The van der Waals surface area contributed by atoms with E-state index in [1.165, 1.54) is 16.9 Å². The van der Waals surface area contributed by atoms with Crippen LogP contribution in [-0.4, -0.2) is 20.3 Å². The second-order valence-corrected chi connectivity index (χ2v) is 7.33. The quantitative estimate of drug-likeness (QED) is 0.552. The number of amides is 1. The van der Waals surface area contributed by atoms with Gasteiger partial charge in [0, 0.05) is 17.1 Å². The van der Waals surface area contributed by atoms with Gasteiger partial charge in [-0.25, -0.2) is 9.97 Å². The van der Waals surface area contributed by atoms with E-state index in [1.54, 1.807) is 0 Å². The summed E-state index contributed by atoms with van der Waals surface area (Å²) in [6, 6.07) is 12.3. The molecule has 0 unspecified atom stereocenters. The third-order valence-electron chi connectivity index (χ3n) is 4.62. The zero-order valence-electron chi connectivity index (χ0n) is 15.5. The predicted molar refractivity (Wildman–Crippen MR) is 110 cm³/mol. The lowest BCUT2D eigenvalue weighted by Crippen LogP contribution is -2.15. The maximum Gasteiger partial charge on any atom is 0.276 e. The van der Waals surface area contributed by atoms with Crippen molar-refractivity contribution in [2.75, 3.05) is 5.32 Å². The van der Waals surface area contributed by atoms with E-state index in [0.29, 0.717) is 16.5 Å². The van der Waals surface area contributed by atoms with E-state index < -0.39 is 0 Å². The molecule has 0 fully saturated rings. The zero-order chi connectivity index (χ0) is 19.0. The molecule has 0 bridgehead atoms. The molecule has 0 saturated carbocycles. The zero-order valence-corrected chi connectivity index (χ0v) is 16.3. The van der Waals surface area contributed by atoms with Gasteiger partial charge in [0.1, 0.15) is 11.3 Å². The van der Waals surface area contributed by atoms with E-state index in [2.05, 4.69) is 46.5 Å². The minimum atomic E-state index is -0.201. The molecule has 1 aromatic carbocycles. The fourth-order valence-corrected chi connectivity index (χ4v) is 3.84. The van der Waals surface area contributed by atoms with Gasteiger partial charge in [0.2, 0.25) is 0 Å². The van der Waals surface area contributed by atoms with Crippen molar-refractivity contribution < 1.29 is 4.79 Å². The fourth-order valence-electron chi connectivity index (χ4n) is 3.12. The number of hydrogen-bond acceptors (Lipinski definition) is 4. The molecular formula is C21H20N4OS. The van der Waals surface area contributed by atoms with Crippen LogP contribution in [0.1, 0.15) is 34.2 Å². The number of rotatable bonds is 4. The Morgan fingerprint density at radius 3 is 2.67 bits per heavy atom. The van der Waals surface area contributed by atoms with Crippen molar-refractivity contribution in [3.63, 3.8) is 0 Å². The van der Waals surface area contributed by atoms with E-state index in [0.717, 1.165) is 28.9 Å². The van der Waals surface area contributed by atoms with E-state index in [9.17, 15) is 4.79 Å². The van der Waals surface area contributed by atoms with Crippen molar-refractivity contribution >= 4 is 28.0 Å². The minimum Gasteiger partial charge on any atom is -0.296 e. The van der Waals surface area contributed by atoms with Crippen LogP contribution in [0.4, 0.5) is 5.13 Å². The van der Waals surface area contributed by atoms with Crippen molar-refractivity contribution in [3.05, 3.63) is 70.5 Å². The molecule has 4 rings (SSSR count). The number of hydrogen-bond donors (Lipinski definition) is 1. The smallest absolute Gasteiger partial charge is 0.276 e. The lowest BCUT2D eigenvalue weighted by atomic mass is 10.1. The van der Waals surface area contributed by atoms with Gasteiger partial charge in [-0.05, 0) is 37.5 Å².